The van der Waals surface area contributed by atoms with Crippen LogP contribution in [0.15, 0.2) is 24.3 Å². The number of imidazole rings is 1. The van der Waals surface area contributed by atoms with Gasteiger partial charge >= 0.3 is 0 Å². The first-order valence-corrected chi connectivity index (χ1v) is 6.77. The van der Waals surface area contributed by atoms with Crippen LogP contribution in [0, 0.1) is 13.8 Å². The molecule has 0 atom stereocenters. The SMILES string of the molecule is Cc1cccc(CCn2c(N)nc3c(C)nn(C)c32)c1. The Morgan fingerprint density at radius 2 is 2.05 bits per heavy atom. The number of nitrogens with zero attached hydrogens (tertiary/aromatic N) is 4. The summed E-state index contributed by atoms with van der Waals surface area (Å²) in [6.45, 7) is 4.88. The van der Waals surface area contributed by atoms with Gasteiger partial charge < -0.3 is 5.73 Å². The molecule has 0 aliphatic carbocycles. The van der Waals surface area contributed by atoms with E-state index in [0.717, 1.165) is 29.8 Å². The van der Waals surface area contributed by atoms with Crippen LogP contribution in [0.4, 0.5) is 5.95 Å². The molecule has 0 saturated carbocycles. The van der Waals surface area contributed by atoms with Crippen molar-refractivity contribution in [3.63, 3.8) is 0 Å². The van der Waals surface area contributed by atoms with Crippen LogP contribution in [0.1, 0.15) is 16.8 Å². The maximum Gasteiger partial charge on any atom is 0.202 e. The van der Waals surface area contributed by atoms with Gasteiger partial charge in [-0.25, -0.2) is 4.98 Å². The number of hydrogen-bond donors (Lipinski definition) is 1. The molecule has 0 aliphatic heterocycles. The average Bonchev–Trinajstić information content (AvgIpc) is 2.86. The van der Waals surface area contributed by atoms with E-state index in [-0.39, 0.29) is 0 Å². The molecule has 104 valence electrons. The van der Waals surface area contributed by atoms with Gasteiger partial charge in [-0.05, 0) is 25.8 Å². The Hall–Kier alpha value is -2.30. The molecule has 5 nitrogen and oxygen atoms in total. The molecule has 3 rings (SSSR count). The van der Waals surface area contributed by atoms with Crippen molar-refractivity contribution in [1.29, 1.82) is 0 Å². The summed E-state index contributed by atoms with van der Waals surface area (Å²) < 4.78 is 3.89. The van der Waals surface area contributed by atoms with Crippen molar-refractivity contribution in [2.75, 3.05) is 5.73 Å². The maximum absolute atomic E-state index is 6.04. The molecule has 0 amide bonds. The van der Waals surface area contributed by atoms with Crippen molar-refractivity contribution < 1.29 is 0 Å². The van der Waals surface area contributed by atoms with Crippen LogP contribution in [0.25, 0.3) is 11.2 Å². The molecule has 0 radical (unpaired) electrons. The molecule has 1 aromatic carbocycles. The van der Waals surface area contributed by atoms with Gasteiger partial charge in [-0.3, -0.25) is 9.25 Å². The summed E-state index contributed by atoms with van der Waals surface area (Å²) in [5.74, 6) is 0.559. The zero-order chi connectivity index (χ0) is 14.3. The van der Waals surface area contributed by atoms with E-state index in [1.807, 2.05) is 23.2 Å². The molecular formula is C15H19N5. The van der Waals surface area contributed by atoms with E-state index in [9.17, 15) is 0 Å². The van der Waals surface area contributed by atoms with E-state index in [1.165, 1.54) is 11.1 Å². The van der Waals surface area contributed by atoms with Gasteiger partial charge in [-0.2, -0.15) is 5.10 Å². The Balaban J connectivity index is 1.93. The van der Waals surface area contributed by atoms with Gasteiger partial charge in [0.05, 0.1) is 5.69 Å². The van der Waals surface area contributed by atoms with Crippen LogP contribution in [0.5, 0.6) is 0 Å². The first-order valence-electron chi connectivity index (χ1n) is 6.77. The third kappa shape index (κ3) is 2.05. The molecule has 20 heavy (non-hydrogen) atoms. The minimum absolute atomic E-state index is 0.559. The van der Waals surface area contributed by atoms with Crippen LogP contribution in [0.2, 0.25) is 0 Å². The lowest BCUT2D eigenvalue weighted by molar-refractivity contribution is 0.679. The number of nitrogens with two attached hydrogens (primary N) is 1. The normalized spacial score (nSPS) is 11.3. The number of fused-ring (bicyclic) bond motifs is 1. The van der Waals surface area contributed by atoms with E-state index < -0.39 is 0 Å². The van der Waals surface area contributed by atoms with Gasteiger partial charge in [-0.15, -0.1) is 0 Å². The van der Waals surface area contributed by atoms with E-state index >= 15 is 0 Å². The van der Waals surface area contributed by atoms with Gasteiger partial charge in [0, 0.05) is 13.6 Å². The Kier molecular flexibility index (Phi) is 2.97. The molecule has 2 N–H and O–H groups in total. The standard InChI is InChI=1S/C15H19N5/c1-10-5-4-6-12(9-10)7-8-20-14-13(17-15(20)16)11(2)18-19(14)3/h4-6,9H,7-8H2,1-3H3,(H2,16,17). The number of aryl methyl sites for hydroxylation is 5. The van der Waals surface area contributed by atoms with E-state index in [1.54, 1.807) is 0 Å². The quantitative estimate of drug-likeness (QED) is 0.793. The molecule has 3 aromatic rings. The van der Waals surface area contributed by atoms with E-state index in [4.69, 9.17) is 5.73 Å². The predicted octanol–water partition coefficient (Wildman–Crippen LogP) is 2.21. The van der Waals surface area contributed by atoms with E-state index in [0.29, 0.717) is 5.95 Å². The van der Waals surface area contributed by atoms with Crippen molar-refractivity contribution in [2.24, 2.45) is 7.05 Å². The molecule has 2 aromatic heterocycles. The Morgan fingerprint density at radius 1 is 1.25 bits per heavy atom. The highest BCUT2D eigenvalue weighted by atomic mass is 15.3. The molecule has 0 aliphatic rings. The average molecular weight is 269 g/mol. The Morgan fingerprint density at radius 3 is 2.80 bits per heavy atom. The fraction of sp³-hybridized carbons (Fsp3) is 0.333. The van der Waals surface area contributed by atoms with Crippen LogP contribution in [0.3, 0.4) is 0 Å². The fourth-order valence-electron chi connectivity index (χ4n) is 2.68. The Bertz CT molecular complexity index is 766. The van der Waals surface area contributed by atoms with Gasteiger partial charge in [0.15, 0.2) is 5.65 Å². The first kappa shape index (κ1) is 12.7. The number of anilines is 1. The topological polar surface area (TPSA) is 61.7 Å². The second kappa shape index (κ2) is 4.67. The summed E-state index contributed by atoms with van der Waals surface area (Å²) >= 11 is 0. The summed E-state index contributed by atoms with van der Waals surface area (Å²) in [4.78, 5) is 4.42. The van der Waals surface area contributed by atoms with Crippen molar-refractivity contribution in [2.45, 2.75) is 26.8 Å². The van der Waals surface area contributed by atoms with Crippen LogP contribution in [-0.4, -0.2) is 19.3 Å². The highest BCUT2D eigenvalue weighted by Crippen LogP contribution is 2.20. The lowest BCUT2D eigenvalue weighted by atomic mass is 10.1. The highest BCUT2D eigenvalue weighted by molar-refractivity contribution is 5.77. The highest BCUT2D eigenvalue weighted by Gasteiger charge is 2.15. The monoisotopic (exact) mass is 269 g/mol. The third-order valence-electron chi connectivity index (χ3n) is 3.63. The van der Waals surface area contributed by atoms with Crippen molar-refractivity contribution in [3.8, 4) is 0 Å². The minimum Gasteiger partial charge on any atom is -0.369 e. The van der Waals surface area contributed by atoms with Crippen LogP contribution >= 0.6 is 0 Å². The smallest absolute Gasteiger partial charge is 0.202 e. The molecule has 0 fully saturated rings. The van der Waals surface area contributed by atoms with Crippen LogP contribution in [-0.2, 0) is 20.0 Å². The maximum atomic E-state index is 6.04. The van der Waals surface area contributed by atoms with Gasteiger partial charge in [0.25, 0.3) is 0 Å². The van der Waals surface area contributed by atoms with Gasteiger partial charge in [-0.1, -0.05) is 29.8 Å². The molecule has 0 saturated heterocycles. The summed E-state index contributed by atoms with van der Waals surface area (Å²) in [5, 5.41) is 4.40. The fourth-order valence-corrected chi connectivity index (χ4v) is 2.68. The molecule has 5 heteroatoms. The molecule has 0 bridgehead atoms. The zero-order valence-corrected chi connectivity index (χ0v) is 12.1. The second-order valence-electron chi connectivity index (χ2n) is 5.24. The lowest BCUT2D eigenvalue weighted by Crippen LogP contribution is -2.08. The van der Waals surface area contributed by atoms with Gasteiger partial charge in [0.1, 0.15) is 5.52 Å². The number of aromatic nitrogens is 4. The molecular weight excluding hydrogens is 250 g/mol. The number of nitrogen functional groups attached to an aromatic ring is 1. The van der Waals surface area contributed by atoms with Gasteiger partial charge in [0.2, 0.25) is 5.95 Å². The molecule has 0 spiro atoms. The third-order valence-corrected chi connectivity index (χ3v) is 3.63. The summed E-state index contributed by atoms with van der Waals surface area (Å²) in [7, 11) is 1.93. The number of rotatable bonds is 3. The summed E-state index contributed by atoms with van der Waals surface area (Å²) in [6.07, 6.45) is 0.932. The number of hydrogen-bond acceptors (Lipinski definition) is 3. The number of benzene rings is 1. The lowest BCUT2D eigenvalue weighted by Gasteiger charge is -2.07. The molecule has 2 heterocycles. The predicted molar refractivity (Wildman–Crippen MR) is 80.5 cm³/mol. The zero-order valence-electron chi connectivity index (χ0n) is 12.1. The Labute approximate surface area is 118 Å². The van der Waals surface area contributed by atoms with Crippen molar-refractivity contribution in [1.82, 2.24) is 19.3 Å². The minimum atomic E-state index is 0.559. The van der Waals surface area contributed by atoms with E-state index in [2.05, 4.69) is 41.3 Å². The largest absolute Gasteiger partial charge is 0.369 e. The van der Waals surface area contributed by atoms with Crippen LogP contribution < -0.4 is 5.73 Å². The summed E-state index contributed by atoms with van der Waals surface area (Å²) in [5.41, 5.74) is 11.4. The van der Waals surface area contributed by atoms with Crippen molar-refractivity contribution in [3.05, 3.63) is 41.1 Å². The summed E-state index contributed by atoms with van der Waals surface area (Å²) in [6, 6.07) is 8.55. The molecule has 0 unspecified atom stereocenters. The van der Waals surface area contributed by atoms with Crippen molar-refractivity contribution >= 4 is 17.1 Å². The second-order valence-corrected chi connectivity index (χ2v) is 5.24. The first-order chi connectivity index (χ1) is 9.56.